The summed E-state index contributed by atoms with van der Waals surface area (Å²) in [5.74, 6) is 0. The van der Waals surface area contributed by atoms with Gasteiger partial charge in [0.1, 0.15) is 7.85 Å². The van der Waals surface area contributed by atoms with Crippen molar-refractivity contribution in [2.75, 3.05) is 0 Å². The van der Waals surface area contributed by atoms with Gasteiger partial charge in [0.15, 0.2) is 0 Å². The second-order valence-electron chi connectivity index (χ2n) is 2.22. The van der Waals surface area contributed by atoms with Crippen molar-refractivity contribution in [1.82, 2.24) is 0 Å². The lowest BCUT2D eigenvalue weighted by molar-refractivity contribution is 1.43. The molecule has 0 aliphatic heterocycles. The van der Waals surface area contributed by atoms with Gasteiger partial charge in [0.05, 0.1) is 11.4 Å². The van der Waals surface area contributed by atoms with E-state index in [-0.39, 0.29) is 11.4 Å². The second kappa shape index (κ2) is 2.25. The standard InChI is InChI=1S/C7H7BN2/c1-4-2-3-5(8)7(10)6(4)9/h2-3,9-10H,1H3. The quantitative estimate of drug-likeness (QED) is 0.363. The van der Waals surface area contributed by atoms with Gasteiger partial charge in [-0.15, -0.1) is 0 Å². The van der Waals surface area contributed by atoms with E-state index in [2.05, 4.69) is 0 Å². The lowest BCUT2D eigenvalue weighted by Gasteiger charge is -2.10. The maximum atomic E-state index is 7.32. The van der Waals surface area contributed by atoms with Crippen LogP contribution in [0.1, 0.15) is 6.92 Å². The first kappa shape index (κ1) is 7.00. The van der Waals surface area contributed by atoms with Gasteiger partial charge < -0.3 is 0 Å². The van der Waals surface area contributed by atoms with Crippen molar-refractivity contribution in [3.8, 4) is 0 Å². The van der Waals surface area contributed by atoms with Crippen LogP contribution in [0.15, 0.2) is 23.2 Å². The van der Waals surface area contributed by atoms with Crippen molar-refractivity contribution in [3.63, 3.8) is 0 Å². The Labute approximate surface area is 61.1 Å². The molecule has 1 rings (SSSR count). The van der Waals surface area contributed by atoms with Gasteiger partial charge in [0, 0.05) is 0 Å². The van der Waals surface area contributed by atoms with E-state index < -0.39 is 0 Å². The molecule has 0 saturated carbocycles. The molecule has 2 N–H and O–H groups in total. The van der Waals surface area contributed by atoms with Gasteiger partial charge in [-0.05, 0) is 12.5 Å². The lowest BCUT2D eigenvalue weighted by atomic mass is 9.83. The van der Waals surface area contributed by atoms with E-state index in [1.807, 2.05) is 0 Å². The maximum Gasteiger partial charge on any atom is 0.116 e. The van der Waals surface area contributed by atoms with Crippen molar-refractivity contribution >= 4 is 19.3 Å². The van der Waals surface area contributed by atoms with Crippen LogP contribution in [-0.4, -0.2) is 19.3 Å². The molecule has 0 aromatic heterocycles. The van der Waals surface area contributed by atoms with Crippen molar-refractivity contribution in [2.45, 2.75) is 6.92 Å². The molecule has 0 aromatic rings. The predicted molar refractivity (Wildman–Crippen MR) is 43.0 cm³/mol. The van der Waals surface area contributed by atoms with Crippen LogP contribution in [0, 0.1) is 10.8 Å². The third kappa shape index (κ3) is 0.945. The third-order valence-electron chi connectivity index (χ3n) is 1.45. The second-order valence-corrected chi connectivity index (χ2v) is 2.22. The molecule has 0 heterocycles. The molecular weight excluding hydrogens is 123 g/mol. The molecule has 1 aliphatic carbocycles. The molecule has 0 bridgehead atoms. The van der Waals surface area contributed by atoms with E-state index in [1.165, 1.54) is 0 Å². The molecule has 3 heteroatoms. The summed E-state index contributed by atoms with van der Waals surface area (Å²) in [5.41, 5.74) is 1.51. The highest BCUT2D eigenvalue weighted by molar-refractivity contribution is 6.61. The van der Waals surface area contributed by atoms with Crippen LogP contribution in [0.25, 0.3) is 0 Å². The first-order valence-corrected chi connectivity index (χ1v) is 2.95. The van der Waals surface area contributed by atoms with Crippen LogP contribution in [0.5, 0.6) is 0 Å². The summed E-state index contributed by atoms with van der Waals surface area (Å²) in [6.07, 6.45) is 3.39. The number of hydrogen-bond acceptors (Lipinski definition) is 2. The Morgan fingerprint density at radius 3 is 2.30 bits per heavy atom. The molecular formula is C7H7BN2. The van der Waals surface area contributed by atoms with E-state index in [1.54, 1.807) is 19.1 Å². The van der Waals surface area contributed by atoms with Crippen LogP contribution in [-0.2, 0) is 0 Å². The normalized spacial score (nSPS) is 18.5. The van der Waals surface area contributed by atoms with Crippen molar-refractivity contribution in [2.24, 2.45) is 0 Å². The van der Waals surface area contributed by atoms with Crippen molar-refractivity contribution in [3.05, 3.63) is 23.2 Å². The molecule has 2 nitrogen and oxygen atoms in total. The van der Waals surface area contributed by atoms with Gasteiger partial charge in [-0.2, -0.15) is 0 Å². The number of allylic oxidation sites excluding steroid dienone is 4. The smallest absolute Gasteiger partial charge is 0.116 e. The molecule has 0 aromatic carbocycles. The van der Waals surface area contributed by atoms with Gasteiger partial charge in [-0.25, -0.2) is 0 Å². The van der Waals surface area contributed by atoms with E-state index in [0.29, 0.717) is 5.47 Å². The lowest BCUT2D eigenvalue weighted by Crippen LogP contribution is -2.18. The SMILES string of the molecule is [B]C1=CC=C(C)C(=N)C1=N. The summed E-state index contributed by atoms with van der Waals surface area (Å²) in [4.78, 5) is 0. The fourth-order valence-electron chi connectivity index (χ4n) is 0.723. The maximum absolute atomic E-state index is 7.32. The topological polar surface area (TPSA) is 47.7 Å². The van der Waals surface area contributed by atoms with E-state index in [9.17, 15) is 0 Å². The highest BCUT2D eigenvalue weighted by atomic mass is 14.5. The van der Waals surface area contributed by atoms with Crippen LogP contribution in [0.3, 0.4) is 0 Å². The molecule has 0 spiro atoms. The first-order valence-electron chi connectivity index (χ1n) is 2.95. The van der Waals surface area contributed by atoms with Gasteiger partial charge >= 0.3 is 0 Å². The Balaban J connectivity index is 3.09. The number of hydrogen-bond donors (Lipinski definition) is 2. The van der Waals surface area contributed by atoms with Crippen LogP contribution < -0.4 is 0 Å². The summed E-state index contributed by atoms with van der Waals surface area (Å²) < 4.78 is 0. The Bertz CT molecular complexity index is 225. The van der Waals surface area contributed by atoms with Crippen LogP contribution in [0.4, 0.5) is 0 Å². The minimum Gasteiger partial charge on any atom is -0.299 e. The molecule has 2 radical (unpaired) electrons. The largest absolute Gasteiger partial charge is 0.299 e. The number of nitrogens with one attached hydrogen (secondary N) is 2. The Hall–Kier alpha value is -1.12. The molecule has 0 saturated heterocycles. The fraction of sp³-hybridized carbons (Fsp3) is 0.143. The highest BCUT2D eigenvalue weighted by Gasteiger charge is 2.10. The third-order valence-corrected chi connectivity index (χ3v) is 1.45. The molecule has 1 aliphatic rings. The van der Waals surface area contributed by atoms with Crippen LogP contribution >= 0.6 is 0 Å². The van der Waals surface area contributed by atoms with E-state index >= 15 is 0 Å². The molecule has 48 valence electrons. The van der Waals surface area contributed by atoms with Crippen molar-refractivity contribution in [1.29, 1.82) is 10.8 Å². The predicted octanol–water partition coefficient (Wildman–Crippen LogP) is 1.04. The van der Waals surface area contributed by atoms with Crippen LogP contribution in [0.2, 0.25) is 0 Å². The molecule has 10 heavy (non-hydrogen) atoms. The zero-order valence-electron chi connectivity index (χ0n) is 5.73. The molecule has 0 atom stereocenters. The Kier molecular flexibility index (Phi) is 1.58. The summed E-state index contributed by atoms with van der Waals surface area (Å²) >= 11 is 0. The van der Waals surface area contributed by atoms with Crippen molar-refractivity contribution < 1.29 is 0 Å². The Morgan fingerprint density at radius 2 is 1.80 bits per heavy atom. The summed E-state index contributed by atoms with van der Waals surface area (Å²) in [5, 5.41) is 14.6. The average Bonchev–Trinajstić information content (AvgIpc) is 1.93. The summed E-state index contributed by atoms with van der Waals surface area (Å²) in [7, 11) is 5.38. The minimum absolute atomic E-state index is 0.125. The van der Waals surface area contributed by atoms with E-state index in [0.717, 1.165) is 5.57 Å². The summed E-state index contributed by atoms with van der Waals surface area (Å²) in [6, 6.07) is 0. The average molecular weight is 130 g/mol. The van der Waals surface area contributed by atoms with Gasteiger partial charge in [0.25, 0.3) is 0 Å². The summed E-state index contributed by atoms with van der Waals surface area (Å²) in [6.45, 7) is 1.79. The van der Waals surface area contributed by atoms with Gasteiger partial charge in [-0.1, -0.05) is 17.6 Å². The number of rotatable bonds is 0. The highest BCUT2D eigenvalue weighted by Crippen LogP contribution is 2.08. The Morgan fingerprint density at radius 1 is 1.20 bits per heavy atom. The van der Waals surface area contributed by atoms with Gasteiger partial charge in [-0.3, -0.25) is 10.8 Å². The minimum atomic E-state index is 0.125. The first-order chi connectivity index (χ1) is 4.63. The van der Waals surface area contributed by atoms with Gasteiger partial charge in [0.2, 0.25) is 0 Å². The molecule has 0 amide bonds. The zero-order valence-corrected chi connectivity index (χ0v) is 5.73. The monoisotopic (exact) mass is 130 g/mol. The van der Waals surface area contributed by atoms with E-state index in [4.69, 9.17) is 18.7 Å². The zero-order chi connectivity index (χ0) is 7.72. The molecule has 0 fully saturated rings. The fourth-order valence-corrected chi connectivity index (χ4v) is 0.723. The molecule has 0 unspecified atom stereocenters.